The van der Waals surface area contributed by atoms with Crippen LogP contribution in [0.3, 0.4) is 0 Å². The molecule has 0 aliphatic heterocycles. The molecule has 0 radical (unpaired) electrons. The van der Waals surface area contributed by atoms with E-state index >= 15 is 0 Å². The molecule has 0 saturated carbocycles. The van der Waals surface area contributed by atoms with Gasteiger partial charge in [0.2, 0.25) is 0 Å². The minimum absolute atomic E-state index is 0.634. The third kappa shape index (κ3) is 3.18. The summed E-state index contributed by atoms with van der Waals surface area (Å²) < 4.78 is 1.99. The molecule has 0 fully saturated rings. The van der Waals surface area contributed by atoms with E-state index in [1.54, 1.807) is 0 Å². The summed E-state index contributed by atoms with van der Waals surface area (Å²) in [5.74, 6) is 0.934. The van der Waals surface area contributed by atoms with Crippen LogP contribution in [0.25, 0.3) is 5.65 Å². The van der Waals surface area contributed by atoms with Crippen LogP contribution < -0.4 is 5.32 Å². The molecule has 0 amide bonds. The van der Waals surface area contributed by atoms with Crippen LogP contribution in [0.5, 0.6) is 0 Å². The highest BCUT2D eigenvalue weighted by molar-refractivity contribution is 6.35. The second-order valence-electron chi connectivity index (χ2n) is 4.67. The van der Waals surface area contributed by atoms with E-state index in [-0.39, 0.29) is 0 Å². The van der Waals surface area contributed by atoms with Crippen LogP contribution in [0, 0.1) is 0 Å². The predicted octanol–water partition coefficient (Wildman–Crippen LogP) is 3.37. The Bertz CT molecular complexity index is 734. The van der Waals surface area contributed by atoms with E-state index < -0.39 is 0 Å². The van der Waals surface area contributed by atoms with Gasteiger partial charge < -0.3 is 5.32 Å². The minimum Gasteiger partial charge on any atom is -0.312 e. The van der Waals surface area contributed by atoms with Gasteiger partial charge in [0.05, 0.1) is 0 Å². The third-order valence-electron chi connectivity index (χ3n) is 3.27. The minimum atomic E-state index is 0.634. The van der Waals surface area contributed by atoms with E-state index in [9.17, 15) is 0 Å². The predicted molar refractivity (Wildman–Crippen MR) is 84.9 cm³/mol. The standard InChI is InChI=1S/C15H14Cl2N4/c16-12-4-3-5-13(17)11(12)10-18-8-7-15-20-19-14-6-1-2-9-21(14)15/h1-6,9,18H,7-8,10H2. The average molecular weight is 321 g/mol. The van der Waals surface area contributed by atoms with Crippen molar-refractivity contribution in [2.24, 2.45) is 0 Å². The molecule has 0 atom stereocenters. The summed E-state index contributed by atoms with van der Waals surface area (Å²) in [6.45, 7) is 1.41. The molecule has 1 aromatic carbocycles. The molecule has 3 rings (SSSR count). The first-order valence-corrected chi connectivity index (χ1v) is 7.43. The molecule has 0 saturated heterocycles. The van der Waals surface area contributed by atoms with Gasteiger partial charge in [-0.25, -0.2) is 0 Å². The SMILES string of the molecule is Clc1cccc(Cl)c1CNCCc1nnc2ccccn12. The van der Waals surface area contributed by atoms with E-state index in [0.29, 0.717) is 16.6 Å². The molecule has 0 unspecified atom stereocenters. The fourth-order valence-corrected chi connectivity index (χ4v) is 2.71. The first-order valence-electron chi connectivity index (χ1n) is 6.68. The van der Waals surface area contributed by atoms with Crippen molar-refractivity contribution in [1.29, 1.82) is 0 Å². The number of benzene rings is 1. The van der Waals surface area contributed by atoms with Crippen molar-refractivity contribution in [1.82, 2.24) is 19.9 Å². The van der Waals surface area contributed by atoms with Crippen molar-refractivity contribution < 1.29 is 0 Å². The Kier molecular flexibility index (Phi) is 4.39. The van der Waals surface area contributed by atoms with Gasteiger partial charge in [0, 0.05) is 41.3 Å². The summed E-state index contributed by atoms with van der Waals surface area (Å²) in [5, 5.41) is 13.0. The molecule has 2 aromatic heterocycles. The number of pyridine rings is 1. The smallest absolute Gasteiger partial charge is 0.160 e. The zero-order chi connectivity index (χ0) is 14.7. The van der Waals surface area contributed by atoms with Gasteiger partial charge >= 0.3 is 0 Å². The maximum Gasteiger partial charge on any atom is 0.160 e. The van der Waals surface area contributed by atoms with Crippen LogP contribution in [0.15, 0.2) is 42.6 Å². The second kappa shape index (κ2) is 6.43. The third-order valence-corrected chi connectivity index (χ3v) is 3.98. The zero-order valence-corrected chi connectivity index (χ0v) is 12.8. The Morgan fingerprint density at radius 2 is 1.81 bits per heavy atom. The van der Waals surface area contributed by atoms with Gasteiger partial charge in [0.25, 0.3) is 0 Å². The summed E-state index contributed by atoms with van der Waals surface area (Å²) >= 11 is 12.3. The monoisotopic (exact) mass is 320 g/mol. The molecule has 6 heteroatoms. The summed E-state index contributed by atoms with van der Waals surface area (Å²) in [6, 6.07) is 11.4. The van der Waals surface area contributed by atoms with E-state index in [0.717, 1.165) is 30.0 Å². The molecular formula is C15H14Cl2N4. The Labute approximate surface area is 132 Å². The molecular weight excluding hydrogens is 307 g/mol. The molecule has 2 heterocycles. The summed E-state index contributed by atoms with van der Waals surface area (Å²) in [7, 11) is 0. The van der Waals surface area contributed by atoms with E-state index in [1.165, 1.54) is 0 Å². The molecule has 0 aliphatic rings. The lowest BCUT2D eigenvalue weighted by Crippen LogP contribution is -2.18. The van der Waals surface area contributed by atoms with Crippen LogP contribution in [0.1, 0.15) is 11.4 Å². The number of rotatable bonds is 5. The first-order chi connectivity index (χ1) is 10.3. The number of fused-ring (bicyclic) bond motifs is 1. The Hall–Kier alpha value is -1.62. The van der Waals surface area contributed by atoms with Gasteiger partial charge in [-0.15, -0.1) is 10.2 Å². The van der Waals surface area contributed by atoms with Crippen LogP contribution in [0.4, 0.5) is 0 Å². The normalized spacial score (nSPS) is 11.1. The molecule has 3 aromatic rings. The van der Waals surface area contributed by atoms with Crippen molar-refractivity contribution >= 4 is 28.8 Å². The zero-order valence-electron chi connectivity index (χ0n) is 11.3. The van der Waals surface area contributed by atoms with Gasteiger partial charge in [-0.2, -0.15) is 0 Å². The Morgan fingerprint density at radius 1 is 1.00 bits per heavy atom. The maximum atomic E-state index is 6.14. The number of nitrogens with one attached hydrogen (secondary N) is 1. The highest BCUT2D eigenvalue weighted by atomic mass is 35.5. The Balaban J connectivity index is 1.59. The van der Waals surface area contributed by atoms with Gasteiger partial charge in [-0.1, -0.05) is 35.3 Å². The van der Waals surface area contributed by atoms with E-state index in [2.05, 4.69) is 15.5 Å². The summed E-state index contributed by atoms with van der Waals surface area (Å²) in [5.41, 5.74) is 1.79. The number of halogens is 2. The lowest BCUT2D eigenvalue weighted by molar-refractivity contribution is 0.667. The van der Waals surface area contributed by atoms with Crippen molar-refractivity contribution in [2.75, 3.05) is 6.54 Å². The fourth-order valence-electron chi connectivity index (χ4n) is 2.18. The molecule has 108 valence electrons. The van der Waals surface area contributed by atoms with Gasteiger partial charge in [0.15, 0.2) is 5.65 Å². The second-order valence-corrected chi connectivity index (χ2v) is 5.49. The van der Waals surface area contributed by atoms with Crippen molar-refractivity contribution in [3.8, 4) is 0 Å². The number of nitrogens with zero attached hydrogens (tertiary/aromatic N) is 3. The Morgan fingerprint density at radius 3 is 2.62 bits per heavy atom. The highest BCUT2D eigenvalue weighted by Crippen LogP contribution is 2.23. The topological polar surface area (TPSA) is 42.2 Å². The average Bonchev–Trinajstić information content (AvgIpc) is 2.89. The molecule has 0 aliphatic carbocycles. The summed E-state index contributed by atoms with van der Waals surface area (Å²) in [4.78, 5) is 0. The number of hydrogen-bond donors (Lipinski definition) is 1. The molecule has 0 bridgehead atoms. The van der Waals surface area contributed by atoms with Gasteiger partial charge in [0.1, 0.15) is 5.82 Å². The number of hydrogen-bond acceptors (Lipinski definition) is 3. The summed E-state index contributed by atoms with van der Waals surface area (Å²) in [6.07, 6.45) is 2.75. The largest absolute Gasteiger partial charge is 0.312 e. The van der Waals surface area contributed by atoms with Crippen LogP contribution in [0.2, 0.25) is 10.0 Å². The van der Waals surface area contributed by atoms with Crippen LogP contribution >= 0.6 is 23.2 Å². The van der Waals surface area contributed by atoms with Crippen molar-refractivity contribution in [3.05, 3.63) is 64.0 Å². The van der Waals surface area contributed by atoms with Crippen molar-refractivity contribution in [3.63, 3.8) is 0 Å². The van der Waals surface area contributed by atoms with Gasteiger partial charge in [-0.05, 0) is 24.3 Å². The number of aromatic nitrogens is 3. The van der Waals surface area contributed by atoms with E-state index in [1.807, 2.05) is 47.0 Å². The highest BCUT2D eigenvalue weighted by Gasteiger charge is 2.06. The molecule has 0 spiro atoms. The maximum absolute atomic E-state index is 6.14. The lowest BCUT2D eigenvalue weighted by atomic mass is 10.2. The quantitative estimate of drug-likeness (QED) is 0.733. The molecule has 4 nitrogen and oxygen atoms in total. The van der Waals surface area contributed by atoms with Gasteiger partial charge in [-0.3, -0.25) is 4.40 Å². The van der Waals surface area contributed by atoms with E-state index in [4.69, 9.17) is 23.2 Å². The molecule has 1 N–H and O–H groups in total. The van der Waals surface area contributed by atoms with Crippen molar-refractivity contribution in [2.45, 2.75) is 13.0 Å². The van der Waals surface area contributed by atoms with Crippen LogP contribution in [-0.2, 0) is 13.0 Å². The van der Waals surface area contributed by atoms with Crippen LogP contribution in [-0.4, -0.2) is 21.1 Å². The first kappa shape index (κ1) is 14.3. The lowest BCUT2D eigenvalue weighted by Gasteiger charge is -2.08. The molecule has 21 heavy (non-hydrogen) atoms. The fraction of sp³-hybridized carbons (Fsp3) is 0.200.